The normalized spacial score (nSPS) is 14.6. The van der Waals surface area contributed by atoms with Gasteiger partial charge in [-0.25, -0.2) is 0 Å². The van der Waals surface area contributed by atoms with E-state index in [0.29, 0.717) is 29.4 Å². The Balaban J connectivity index is 1.69. The maximum Gasteiger partial charge on any atom is 0.227 e. The predicted octanol–water partition coefficient (Wildman–Crippen LogP) is 3.98. The first-order valence-electron chi connectivity index (χ1n) is 9.57. The highest BCUT2D eigenvalue weighted by Crippen LogP contribution is 2.32. The van der Waals surface area contributed by atoms with Crippen LogP contribution in [0.2, 0.25) is 5.02 Å². The molecule has 29 heavy (non-hydrogen) atoms. The van der Waals surface area contributed by atoms with E-state index in [1.54, 1.807) is 23.1 Å². The van der Waals surface area contributed by atoms with Gasteiger partial charge in [0, 0.05) is 25.6 Å². The van der Waals surface area contributed by atoms with Gasteiger partial charge in [-0.1, -0.05) is 41.4 Å². The Kier molecular flexibility index (Phi) is 6.54. The minimum absolute atomic E-state index is 0.0555. The van der Waals surface area contributed by atoms with Crippen LogP contribution in [0.15, 0.2) is 42.5 Å². The molecular formula is C22H24ClN3O3. The number of halogens is 1. The lowest BCUT2D eigenvalue weighted by Gasteiger charge is -2.20. The van der Waals surface area contributed by atoms with Crippen LogP contribution < -0.4 is 15.5 Å². The molecule has 2 aromatic carbocycles. The predicted molar refractivity (Wildman–Crippen MR) is 114 cm³/mol. The summed E-state index contributed by atoms with van der Waals surface area (Å²) in [6.45, 7) is 4.06. The van der Waals surface area contributed by atoms with Crippen LogP contribution >= 0.6 is 11.6 Å². The zero-order valence-electron chi connectivity index (χ0n) is 16.5. The molecule has 6 nitrogen and oxygen atoms in total. The summed E-state index contributed by atoms with van der Waals surface area (Å²) in [6.07, 6.45) is 1.43. The van der Waals surface area contributed by atoms with Crippen molar-refractivity contribution in [3.05, 3.63) is 58.6 Å². The molecule has 1 atom stereocenters. The second kappa shape index (κ2) is 9.09. The molecule has 0 unspecified atom stereocenters. The van der Waals surface area contributed by atoms with Gasteiger partial charge in [0.15, 0.2) is 0 Å². The summed E-state index contributed by atoms with van der Waals surface area (Å²) in [5, 5.41) is 6.06. The minimum Gasteiger partial charge on any atom is -0.349 e. The number of amides is 3. The molecule has 7 heteroatoms. The number of hydrogen-bond donors (Lipinski definition) is 2. The molecule has 0 bridgehead atoms. The SMILES string of the molecule is CC(=O)N[C@@H](CC(=O)Nc1ccc(N2CCCC2=O)c(Cl)c1)c1ccc(C)cc1. The number of aryl methyl sites for hydroxylation is 1. The van der Waals surface area contributed by atoms with Crippen LogP contribution in [0.1, 0.15) is 43.4 Å². The van der Waals surface area contributed by atoms with Gasteiger partial charge in [-0.2, -0.15) is 0 Å². The molecule has 3 rings (SSSR count). The van der Waals surface area contributed by atoms with Gasteiger partial charge in [0.25, 0.3) is 0 Å². The van der Waals surface area contributed by atoms with E-state index in [1.807, 2.05) is 31.2 Å². The van der Waals surface area contributed by atoms with Crippen molar-refractivity contribution in [2.24, 2.45) is 0 Å². The highest BCUT2D eigenvalue weighted by Gasteiger charge is 2.24. The average Bonchev–Trinajstić information content (AvgIpc) is 3.07. The van der Waals surface area contributed by atoms with E-state index in [1.165, 1.54) is 6.92 Å². The first kappa shape index (κ1) is 20.9. The molecule has 1 saturated heterocycles. The summed E-state index contributed by atoms with van der Waals surface area (Å²) in [6, 6.07) is 12.4. The lowest BCUT2D eigenvalue weighted by molar-refractivity contribution is -0.120. The largest absolute Gasteiger partial charge is 0.349 e. The maximum absolute atomic E-state index is 12.6. The number of carbonyl (C=O) groups is 3. The first-order valence-corrected chi connectivity index (χ1v) is 9.94. The van der Waals surface area contributed by atoms with Crippen LogP contribution in [0.5, 0.6) is 0 Å². The molecule has 1 heterocycles. The fourth-order valence-electron chi connectivity index (χ4n) is 3.40. The zero-order valence-corrected chi connectivity index (χ0v) is 17.3. The maximum atomic E-state index is 12.6. The number of nitrogens with zero attached hydrogens (tertiary/aromatic N) is 1. The van der Waals surface area contributed by atoms with Crippen LogP contribution in [0.25, 0.3) is 0 Å². The van der Waals surface area contributed by atoms with E-state index in [-0.39, 0.29) is 24.1 Å². The van der Waals surface area contributed by atoms with Gasteiger partial charge < -0.3 is 15.5 Å². The Hall–Kier alpha value is -2.86. The summed E-state index contributed by atoms with van der Waals surface area (Å²) >= 11 is 6.34. The van der Waals surface area contributed by atoms with Crippen LogP contribution in [0.4, 0.5) is 11.4 Å². The molecule has 1 fully saturated rings. The van der Waals surface area contributed by atoms with Crippen molar-refractivity contribution in [2.45, 2.75) is 39.2 Å². The third-order valence-corrected chi connectivity index (χ3v) is 5.15. The van der Waals surface area contributed by atoms with Crippen LogP contribution in [0, 0.1) is 6.92 Å². The third kappa shape index (κ3) is 5.35. The molecule has 0 aliphatic carbocycles. The van der Waals surface area contributed by atoms with Gasteiger partial charge >= 0.3 is 0 Å². The second-order valence-corrected chi connectivity index (χ2v) is 7.64. The van der Waals surface area contributed by atoms with Gasteiger partial charge in [0.05, 0.1) is 23.2 Å². The Bertz CT molecular complexity index is 927. The van der Waals surface area contributed by atoms with Gasteiger partial charge in [-0.05, 0) is 37.1 Å². The van der Waals surface area contributed by atoms with Crippen LogP contribution in [-0.2, 0) is 14.4 Å². The van der Waals surface area contributed by atoms with E-state index in [9.17, 15) is 14.4 Å². The van der Waals surface area contributed by atoms with Crippen molar-refractivity contribution in [1.82, 2.24) is 5.32 Å². The van der Waals surface area contributed by atoms with Crippen molar-refractivity contribution < 1.29 is 14.4 Å². The molecule has 152 valence electrons. The molecule has 0 aromatic heterocycles. The molecule has 2 aromatic rings. The van der Waals surface area contributed by atoms with Crippen molar-refractivity contribution in [2.75, 3.05) is 16.8 Å². The average molecular weight is 414 g/mol. The fourth-order valence-corrected chi connectivity index (χ4v) is 3.68. The molecule has 0 radical (unpaired) electrons. The van der Waals surface area contributed by atoms with Crippen LogP contribution in [-0.4, -0.2) is 24.3 Å². The molecular weight excluding hydrogens is 390 g/mol. The quantitative estimate of drug-likeness (QED) is 0.751. The van der Waals surface area contributed by atoms with Crippen LogP contribution in [0.3, 0.4) is 0 Å². The smallest absolute Gasteiger partial charge is 0.227 e. The second-order valence-electron chi connectivity index (χ2n) is 7.23. The molecule has 2 N–H and O–H groups in total. The zero-order chi connectivity index (χ0) is 21.0. The summed E-state index contributed by atoms with van der Waals surface area (Å²) in [5.74, 6) is -0.392. The summed E-state index contributed by atoms with van der Waals surface area (Å²) in [4.78, 5) is 37.7. The number of carbonyl (C=O) groups excluding carboxylic acids is 3. The third-order valence-electron chi connectivity index (χ3n) is 4.84. The van der Waals surface area contributed by atoms with Gasteiger partial charge in [0.1, 0.15) is 0 Å². The first-order chi connectivity index (χ1) is 13.8. The number of rotatable bonds is 6. The molecule has 0 saturated carbocycles. The van der Waals surface area contributed by atoms with E-state index in [4.69, 9.17) is 11.6 Å². The molecule has 1 aliphatic heterocycles. The number of anilines is 2. The van der Waals surface area contributed by atoms with Crippen molar-refractivity contribution in [3.63, 3.8) is 0 Å². The highest BCUT2D eigenvalue weighted by molar-refractivity contribution is 6.34. The lowest BCUT2D eigenvalue weighted by atomic mass is 10.0. The Morgan fingerprint density at radius 1 is 1.17 bits per heavy atom. The van der Waals surface area contributed by atoms with Gasteiger partial charge in [-0.15, -0.1) is 0 Å². The lowest BCUT2D eigenvalue weighted by Crippen LogP contribution is -2.29. The number of hydrogen-bond acceptors (Lipinski definition) is 3. The Morgan fingerprint density at radius 2 is 1.90 bits per heavy atom. The summed E-state index contributed by atoms with van der Waals surface area (Å²) in [7, 11) is 0. The molecule has 3 amide bonds. The monoisotopic (exact) mass is 413 g/mol. The standard InChI is InChI=1S/C22H24ClN3O3/c1-14-5-7-16(8-6-14)19(24-15(2)27)13-21(28)25-17-9-10-20(18(23)12-17)26-11-3-4-22(26)29/h5-10,12,19H,3-4,11,13H2,1-2H3,(H,24,27)(H,25,28)/t19-/m0/s1. The minimum atomic E-state index is -0.426. The van der Waals surface area contributed by atoms with Crippen molar-refractivity contribution in [1.29, 1.82) is 0 Å². The van der Waals surface area contributed by atoms with Gasteiger partial charge in [-0.3, -0.25) is 14.4 Å². The van der Waals surface area contributed by atoms with Crippen molar-refractivity contribution >= 4 is 40.7 Å². The van der Waals surface area contributed by atoms with E-state index >= 15 is 0 Å². The molecule has 0 spiro atoms. The van der Waals surface area contributed by atoms with E-state index in [2.05, 4.69) is 10.6 Å². The summed E-state index contributed by atoms with van der Waals surface area (Å²) < 4.78 is 0. The number of nitrogens with one attached hydrogen (secondary N) is 2. The summed E-state index contributed by atoms with van der Waals surface area (Å²) in [5.41, 5.74) is 3.16. The molecule has 1 aliphatic rings. The highest BCUT2D eigenvalue weighted by atomic mass is 35.5. The van der Waals surface area contributed by atoms with Crippen molar-refractivity contribution in [3.8, 4) is 0 Å². The van der Waals surface area contributed by atoms with Gasteiger partial charge in [0.2, 0.25) is 17.7 Å². The Morgan fingerprint density at radius 3 is 2.48 bits per heavy atom. The van der Waals surface area contributed by atoms with E-state index in [0.717, 1.165) is 17.5 Å². The van der Waals surface area contributed by atoms with E-state index < -0.39 is 6.04 Å². The number of benzene rings is 2. The topological polar surface area (TPSA) is 78.5 Å². The Labute approximate surface area is 175 Å². The fraction of sp³-hybridized carbons (Fsp3) is 0.318.